The molecule has 0 aromatic heterocycles. The lowest BCUT2D eigenvalue weighted by Gasteiger charge is -2.33. The second kappa shape index (κ2) is 5.64. The molecule has 0 radical (unpaired) electrons. The highest BCUT2D eigenvalue weighted by atomic mass is 32.2. The lowest BCUT2D eigenvalue weighted by atomic mass is 10.1. The summed E-state index contributed by atoms with van der Waals surface area (Å²) in [6.07, 6.45) is 0.316. The smallest absolute Gasteiger partial charge is 0.353 e. The number of carboxylic acid groups (broad SMARTS) is 1. The summed E-state index contributed by atoms with van der Waals surface area (Å²) in [5, 5.41) is 12.2. The number of rotatable bonds is 6. The van der Waals surface area contributed by atoms with Crippen LogP contribution in [-0.4, -0.2) is 49.5 Å². The molecular formula is C9H10N4O4S2. The number of β-lactam (4-membered cyclic amide) rings is 1. The zero-order chi connectivity index (χ0) is 14.0. The molecule has 19 heavy (non-hydrogen) atoms. The van der Waals surface area contributed by atoms with Gasteiger partial charge in [-0.25, -0.2) is 4.79 Å². The van der Waals surface area contributed by atoms with Crippen molar-refractivity contribution in [1.29, 1.82) is 0 Å². The highest BCUT2D eigenvalue weighted by molar-refractivity contribution is 8.05. The molecule has 0 aromatic carbocycles. The summed E-state index contributed by atoms with van der Waals surface area (Å²) >= 11 is 1.28. The van der Waals surface area contributed by atoms with Crippen molar-refractivity contribution < 1.29 is 18.9 Å². The molecule has 1 amide bonds. The third kappa shape index (κ3) is 2.75. The van der Waals surface area contributed by atoms with Gasteiger partial charge in [0.05, 0.1) is 17.5 Å². The summed E-state index contributed by atoms with van der Waals surface area (Å²) in [6, 6.07) is 0. The van der Waals surface area contributed by atoms with E-state index in [2.05, 4.69) is 10.0 Å². The van der Waals surface area contributed by atoms with E-state index in [1.54, 1.807) is 0 Å². The van der Waals surface area contributed by atoms with Crippen molar-refractivity contribution >= 4 is 34.4 Å². The van der Waals surface area contributed by atoms with Crippen LogP contribution < -0.4 is 0 Å². The Labute approximate surface area is 114 Å². The number of thioether (sulfide) groups is 1. The minimum absolute atomic E-state index is 0.0524. The Morgan fingerprint density at radius 1 is 1.68 bits per heavy atom. The Bertz CT molecular complexity index is 540. The molecule has 0 bridgehead atoms. The van der Waals surface area contributed by atoms with Crippen LogP contribution in [0.2, 0.25) is 0 Å². The number of aliphatic carboxylic acids is 1. The summed E-state index contributed by atoms with van der Waals surface area (Å²) in [5.41, 5.74) is 8.06. The van der Waals surface area contributed by atoms with Crippen LogP contribution in [0.25, 0.3) is 10.4 Å². The van der Waals surface area contributed by atoms with Crippen molar-refractivity contribution in [3.05, 3.63) is 21.0 Å². The molecule has 2 rings (SSSR count). The van der Waals surface area contributed by atoms with E-state index in [4.69, 9.17) is 10.6 Å². The van der Waals surface area contributed by atoms with Gasteiger partial charge in [0.15, 0.2) is 0 Å². The molecule has 102 valence electrons. The van der Waals surface area contributed by atoms with E-state index in [9.17, 15) is 13.8 Å². The summed E-state index contributed by atoms with van der Waals surface area (Å²) in [6.45, 7) is 0.107. The molecule has 2 aliphatic rings. The molecule has 8 nitrogen and oxygen atoms in total. The number of hydrogen-bond donors (Lipinski definition) is 1. The Kier molecular flexibility index (Phi) is 4.13. The van der Waals surface area contributed by atoms with Crippen molar-refractivity contribution in [3.8, 4) is 0 Å². The van der Waals surface area contributed by atoms with Gasteiger partial charge >= 0.3 is 5.97 Å². The number of azide groups is 1. The second-order valence-corrected chi connectivity index (χ2v) is 6.71. The molecule has 2 atom stereocenters. The summed E-state index contributed by atoms with van der Waals surface area (Å²) in [7, 11) is -1.31. The van der Waals surface area contributed by atoms with Crippen LogP contribution in [0, 0.1) is 0 Å². The van der Waals surface area contributed by atoms with Gasteiger partial charge < -0.3 is 5.11 Å². The molecule has 0 spiro atoms. The standard InChI is InChI=1S/C9H10N4O4S2/c10-12-11-1-2-19(17)4-5-8(9(15)16)13-6(14)3-7(13)18-5/h7H,1-4H2,(H,15,16)/t7-,19?/m0/s1. The van der Waals surface area contributed by atoms with Gasteiger partial charge in [0.25, 0.3) is 0 Å². The van der Waals surface area contributed by atoms with Gasteiger partial charge in [0, 0.05) is 32.9 Å². The maximum atomic E-state index is 11.7. The molecule has 2 aliphatic heterocycles. The van der Waals surface area contributed by atoms with Gasteiger partial charge in [-0.2, -0.15) is 0 Å². The van der Waals surface area contributed by atoms with Crippen LogP contribution >= 0.6 is 11.8 Å². The van der Waals surface area contributed by atoms with Crippen molar-refractivity contribution in [2.24, 2.45) is 5.11 Å². The normalized spacial score (nSPS) is 22.6. The van der Waals surface area contributed by atoms with Gasteiger partial charge in [0.2, 0.25) is 5.91 Å². The topological polar surface area (TPSA) is 123 Å². The summed E-state index contributed by atoms with van der Waals surface area (Å²) in [4.78, 5) is 26.8. The predicted molar refractivity (Wildman–Crippen MR) is 69.4 cm³/mol. The summed E-state index contributed by atoms with van der Waals surface area (Å²) in [5.74, 6) is -1.14. The van der Waals surface area contributed by atoms with E-state index in [-0.39, 0.29) is 35.0 Å². The van der Waals surface area contributed by atoms with Crippen LogP contribution in [0.1, 0.15) is 6.42 Å². The van der Waals surface area contributed by atoms with Crippen molar-refractivity contribution in [1.82, 2.24) is 4.90 Å². The average molecular weight is 302 g/mol. The van der Waals surface area contributed by atoms with Crippen LogP contribution in [0.5, 0.6) is 0 Å². The second-order valence-electron chi connectivity index (χ2n) is 3.86. The van der Waals surface area contributed by atoms with E-state index in [1.165, 1.54) is 16.7 Å². The summed E-state index contributed by atoms with van der Waals surface area (Å²) < 4.78 is 11.7. The van der Waals surface area contributed by atoms with Gasteiger partial charge in [0.1, 0.15) is 5.70 Å². The molecular weight excluding hydrogens is 292 g/mol. The van der Waals surface area contributed by atoms with E-state index < -0.39 is 16.8 Å². The Hall–Kier alpha value is -1.51. The first kappa shape index (κ1) is 13.9. The minimum atomic E-state index is -1.31. The lowest BCUT2D eigenvalue weighted by Crippen LogP contribution is -2.48. The Morgan fingerprint density at radius 2 is 2.42 bits per heavy atom. The molecule has 0 saturated carbocycles. The molecule has 10 heteroatoms. The van der Waals surface area contributed by atoms with Crippen LogP contribution in [-0.2, 0) is 20.4 Å². The average Bonchev–Trinajstić information content (AvgIpc) is 2.62. The molecule has 0 aromatic rings. The third-order valence-corrected chi connectivity index (χ3v) is 5.37. The number of fused-ring (bicyclic) bond motifs is 1. The number of carboxylic acids is 1. The maximum absolute atomic E-state index is 11.7. The first-order chi connectivity index (χ1) is 9.04. The fourth-order valence-electron chi connectivity index (χ4n) is 1.84. The van der Waals surface area contributed by atoms with Crippen molar-refractivity contribution in [3.63, 3.8) is 0 Å². The van der Waals surface area contributed by atoms with E-state index in [0.717, 1.165) is 0 Å². The third-order valence-electron chi connectivity index (χ3n) is 2.67. The molecule has 1 fully saturated rings. The van der Waals surface area contributed by atoms with Crippen molar-refractivity contribution in [2.45, 2.75) is 11.8 Å². The minimum Gasteiger partial charge on any atom is -0.477 e. The molecule has 2 heterocycles. The fraction of sp³-hybridized carbons (Fsp3) is 0.556. The number of carbonyl (C=O) groups excluding carboxylic acids is 1. The van der Waals surface area contributed by atoms with Gasteiger partial charge in [-0.15, -0.1) is 11.8 Å². The first-order valence-corrected chi connectivity index (χ1v) is 7.72. The number of amides is 1. The zero-order valence-corrected chi connectivity index (χ0v) is 11.3. The molecule has 1 unspecified atom stereocenters. The number of hydrogen-bond acceptors (Lipinski definition) is 5. The van der Waals surface area contributed by atoms with Gasteiger partial charge in [-0.05, 0) is 5.53 Å². The molecule has 0 aliphatic carbocycles. The SMILES string of the molecule is [N-]=[N+]=NCCS(=O)CC1=C(C(=O)O)N2C(=O)C[C@@H]2S1. The van der Waals surface area contributed by atoms with Crippen molar-refractivity contribution in [2.75, 3.05) is 18.1 Å². The lowest BCUT2D eigenvalue weighted by molar-refractivity contribution is -0.145. The van der Waals surface area contributed by atoms with E-state index >= 15 is 0 Å². The van der Waals surface area contributed by atoms with Gasteiger partial charge in [-0.3, -0.25) is 13.9 Å². The maximum Gasteiger partial charge on any atom is 0.353 e. The largest absolute Gasteiger partial charge is 0.477 e. The fourth-order valence-corrected chi connectivity index (χ4v) is 4.54. The highest BCUT2D eigenvalue weighted by Gasteiger charge is 2.48. The van der Waals surface area contributed by atoms with Crippen LogP contribution in [0.4, 0.5) is 0 Å². The first-order valence-electron chi connectivity index (χ1n) is 5.35. The number of nitrogens with zero attached hydrogens (tertiary/aromatic N) is 4. The van der Waals surface area contributed by atoms with Gasteiger partial charge in [-0.1, -0.05) is 5.11 Å². The van der Waals surface area contributed by atoms with E-state index in [1.807, 2.05) is 0 Å². The van der Waals surface area contributed by atoms with Crippen LogP contribution in [0.15, 0.2) is 15.7 Å². The molecule has 1 N–H and O–H groups in total. The van der Waals surface area contributed by atoms with Crippen LogP contribution in [0.3, 0.4) is 0 Å². The Morgan fingerprint density at radius 3 is 3.00 bits per heavy atom. The predicted octanol–water partition coefficient (Wildman–Crippen LogP) is 0.647. The quantitative estimate of drug-likeness (QED) is 0.334. The zero-order valence-electron chi connectivity index (χ0n) is 9.68. The molecule has 1 saturated heterocycles. The highest BCUT2D eigenvalue weighted by Crippen LogP contribution is 2.46. The number of carbonyl (C=O) groups is 2. The Balaban J connectivity index is 2.07. The monoisotopic (exact) mass is 302 g/mol. The van der Waals surface area contributed by atoms with E-state index in [0.29, 0.717) is 11.3 Å².